The second-order valence-electron chi connectivity index (χ2n) is 5.49. The van der Waals surface area contributed by atoms with Gasteiger partial charge in [0.2, 0.25) is 0 Å². The molecule has 1 aliphatic heterocycles. The molecule has 1 aromatic carbocycles. The minimum atomic E-state index is -0.768. The van der Waals surface area contributed by atoms with Gasteiger partial charge in [0.05, 0.1) is 6.10 Å². The predicted molar refractivity (Wildman–Crippen MR) is 73.5 cm³/mol. The number of piperidine rings is 1. The maximum absolute atomic E-state index is 13.6. The van der Waals surface area contributed by atoms with Crippen molar-refractivity contribution in [3.63, 3.8) is 0 Å². The Labute approximate surface area is 114 Å². The highest BCUT2D eigenvalue weighted by Crippen LogP contribution is 2.29. The summed E-state index contributed by atoms with van der Waals surface area (Å²) >= 11 is 0. The van der Waals surface area contributed by atoms with E-state index in [1.165, 1.54) is 6.07 Å². The lowest BCUT2D eigenvalue weighted by atomic mass is 9.85. The Morgan fingerprint density at radius 2 is 2.06 bits per heavy atom. The second kappa shape index (κ2) is 6.00. The number of aliphatic hydroxyl groups excluding tert-OH is 1. The molecule has 1 aromatic rings. The summed E-state index contributed by atoms with van der Waals surface area (Å²) in [5.41, 5.74) is 0.414. The van der Waals surface area contributed by atoms with Crippen molar-refractivity contribution in [2.45, 2.75) is 50.8 Å². The molecule has 1 aliphatic rings. The summed E-state index contributed by atoms with van der Waals surface area (Å²) in [5, 5.41) is 13.7. The highest BCUT2D eigenvalue weighted by atomic mass is 35.5. The van der Waals surface area contributed by atoms with Crippen molar-refractivity contribution in [2.24, 2.45) is 0 Å². The zero-order valence-electron chi connectivity index (χ0n) is 10.8. The van der Waals surface area contributed by atoms with Crippen molar-refractivity contribution >= 4 is 12.4 Å². The lowest BCUT2D eigenvalue weighted by Gasteiger charge is -2.39. The van der Waals surface area contributed by atoms with E-state index < -0.39 is 6.10 Å². The van der Waals surface area contributed by atoms with Crippen LogP contribution in [-0.2, 0) is 0 Å². The molecule has 4 heteroatoms. The number of hydrogen-bond donors (Lipinski definition) is 2. The number of halogens is 2. The van der Waals surface area contributed by atoms with Gasteiger partial charge in [-0.05, 0) is 39.2 Å². The average molecular weight is 274 g/mol. The van der Waals surface area contributed by atoms with Crippen LogP contribution in [0.15, 0.2) is 24.3 Å². The van der Waals surface area contributed by atoms with Gasteiger partial charge in [-0.3, -0.25) is 0 Å². The maximum atomic E-state index is 13.6. The molecule has 18 heavy (non-hydrogen) atoms. The van der Waals surface area contributed by atoms with Crippen LogP contribution in [0, 0.1) is 5.82 Å². The highest BCUT2D eigenvalue weighted by molar-refractivity contribution is 5.85. The van der Waals surface area contributed by atoms with Crippen LogP contribution in [0.3, 0.4) is 0 Å². The normalized spacial score (nSPS) is 24.1. The molecule has 1 saturated heterocycles. The van der Waals surface area contributed by atoms with Gasteiger partial charge in [0.1, 0.15) is 5.82 Å². The van der Waals surface area contributed by atoms with Crippen LogP contribution >= 0.6 is 12.4 Å². The Balaban J connectivity index is 0.00000162. The first-order valence-electron chi connectivity index (χ1n) is 6.20. The van der Waals surface area contributed by atoms with E-state index in [1.54, 1.807) is 18.2 Å². The molecule has 0 aromatic heterocycles. The second-order valence-corrected chi connectivity index (χ2v) is 5.49. The first-order valence-corrected chi connectivity index (χ1v) is 6.20. The Kier molecular flexibility index (Phi) is 5.14. The molecule has 0 bridgehead atoms. The molecule has 2 N–H and O–H groups in total. The number of hydrogen-bond acceptors (Lipinski definition) is 2. The van der Waals surface area contributed by atoms with E-state index in [0.717, 1.165) is 19.3 Å². The van der Waals surface area contributed by atoms with Crippen molar-refractivity contribution in [1.82, 2.24) is 5.32 Å². The fourth-order valence-electron chi connectivity index (χ4n) is 2.58. The van der Waals surface area contributed by atoms with Crippen molar-refractivity contribution in [3.05, 3.63) is 35.6 Å². The molecule has 2 rings (SSSR count). The molecule has 2 atom stereocenters. The number of rotatable bonds is 2. The molecule has 0 aliphatic carbocycles. The van der Waals surface area contributed by atoms with Gasteiger partial charge in [0.25, 0.3) is 0 Å². The summed E-state index contributed by atoms with van der Waals surface area (Å²) in [6.07, 6.45) is 2.28. The standard InChI is InChI=1S/C14H20FNO.ClH/c1-14(2)9-5-8-12(16-14)13(17)10-6-3-4-7-11(10)15;/h3-4,6-7,12-13,16-17H,5,8-9H2,1-2H3;1H/t12-,13+;/m0./s1. The van der Waals surface area contributed by atoms with E-state index in [2.05, 4.69) is 19.2 Å². The predicted octanol–water partition coefficient (Wildman–Crippen LogP) is 3.20. The van der Waals surface area contributed by atoms with Crippen molar-refractivity contribution in [2.75, 3.05) is 0 Å². The summed E-state index contributed by atoms with van der Waals surface area (Å²) in [7, 11) is 0. The summed E-state index contributed by atoms with van der Waals surface area (Å²) in [6, 6.07) is 6.39. The van der Waals surface area contributed by atoms with E-state index >= 15 is 0 Å². The molecule has 2 nitrogen and oxygen atoms in total. The number of benzene rings is 1. The average Bonchev–Trinajstić information content (AvgIpc) is 2.27. The molecule has 0 saturated carbocycles. The summed E-state index contributed by atoms with van der Waals surface area (Å²) in [5.74, 6) is -0.329. The lowest BCUT2D eigenvalue weighted by molar-refractivity contribution is 0.0817. The van der Waals surface area contributed by atoms with E-state index in [-0.39, 0.29) is 29.8 Å². The van der Waals surface area contributed by atoms with Crippen LogP contribution in [-0.4, -0.2) is 16.7 Å². The van der Waals surface area contributed by atoms with Crippen molar-refractivity contribution in [1.29, 1.82) is 0 Å². The van der Waals surface area contributed by atoms with Gasteiger partial charge in [-0.15, -0.1) is 12.4 Å². The highest BCUT2D eigenvalue weighted by Gasteiger charge is 2.32. The summed E-state index contributed by atoms with van der Waals surface area (Å²) in [4.78, 5) is 0. The molecule has 1 heterocycles. The van der Waals surface area contributed by atoms with Crippen LogP contribution < -0.4 is 5.32 Å². The number of nitrogens with one attached hydrogen (secondary N) is 1. The first kappa shape index (κ1) is 15.4. The lowest BCUT2D eigenvalue weighted by Crippen LogP contribution is -2.51. The van der Waals surface area contributed by atoms with E-state index in [1.807, 2.05) is 0 Å². The van der Waals surface area contributed by atoms with Crippen LogP contribution in [0.5, 0.6) is 0 Å². The Morgan fingerprint density at radius 3 is 2.67 bits per heavy atom. The largest absolute Gasteiger partial charge is 0.387 e. The maximum Gasteiger partial charge on any atom is 0.129 e. The van der Waals surface area contributed by atoms with E-state index in [9.17, 15) is 9.50 Å². The molecule has 0 spiro atoms. The van der Waals surface area contributed by atoms with Crippen LogP contribution in [0.4, 0.5) is 4.39 Å². The quantitative estimate of drug-likeness (QED) is 0.867. The van der Waals surface area contributed by atoms with Crippen LogP contribution in [0.25, 0.3) is 0 Å². The van der Waals surface area contributed by atoms with Gasteiger partial charge >= 0.3 is 0 Å². The summed E-state index contributed by atoms with van der Waals surface area (Å²) < 4.78 is 13.6. The van der Waals surface area contributed by atoms with Gasteiger partial charge in [-0.25, -0.2) is 4.39 Å². The SMILES string of the molecule is CC1(C)CCC[C@@H]([C@H](O)c2ccccc2F)N1.Cl. The topological polar surface area (TPSA) is 32.3 Å². The van der Waals surface area contributed by atoms with Gasteiger partial charge in [-0.1, -0.05) is 18.2 Å². The van der Waals surface area contributed by atoms with Crippen molar-refractivity contribution < 1.29 is 9.50 Å². The molecule has 1 fully saturated rings. The Bertz CT molecular complexity index is 397. The van der Waals surface area contributed by atoms with E-state index in [4.69, 9.17) is 0 Å². The molecule has 0 amide bonds. The minimum Gasteiger partial charge on any atom is -0.387 e. The number of aliphatic hydroxyl groups is 1. The fourth-order valence-corrected chi connectivity index (χ4v) is 2.58. The first-order chi connectivity index (χ1) is 7.99. The van der Waals surface area contributed by atoms with E-state index in [0.29, 0.717) is 5.56 Å². The molecular formula is C14H21ClFNO. The Morgan fingerprint density at radius 1 is 1.39 bits per heavy atom. The third-order valence-corrected chi connectivity index (χ3v) is 3.50. The smallest absolute Gasteiger partial charge is 0.129 e. The van der Waals surface area contributed by atoms with Gasteiger partial charge in [0, 0.05) is 17.1 Å². The monoisotopic (exact) mass is 273 g/mol. The van der Waals surface area contributed by atoms with Crippen LogP contribution in [0.1, 0.15) is 44.8 Å². The van der Waals surface area contributed by atoms with Crippen LogP contribution in [0.2, 0.25) is 0 Å². The Hall–Kier alpha value is -0.640. The molecule has 102 valence electrons. The minimum absolute atomic E-state index is 0. The zero-order valence-corrected chi connectivity index (χ0v) is 11.6. The van der Waals surface area contributed by atoms with Gasteiger partial charge in [-0.2, -0.15) is 0 Å². The van der Waals surface area contributed by atoms with Gasteiger partial charge < -0.3 is 10.4 Å². The molecule has 0 unspecified atom stereocenters. The fraction of sp³-hybridized carbons (Fsp3) is 0.571. The third-order valence-electron chi connectivity index (χ3n) is 3.50. The van der Waals surface area contributed by atoms with Crippen molar-refractivity contribution in [3.8, 4) is 0 Å². The zero-order chi connectivity index (χ0) is 12.5. The molecular weight excluding hydrogens is 253 g/mol. The third kappa shape index (κ3) is 3.44. The molecule has 0 radical (unpaired) electrons. The van der Waals surface area contributed by atoms with Gasteiger partial charge in [0.15, 0.2) is 0 Å². The summed E-state index contributed by atoms with van der Waals surface area (Å²) in [6.45, 7) is 4.24.